The van der Waals surface area contributed by atoms with Gasteiger partial charge in [-0.15, -0.1) is 0 Å². The number of furan rings is 1. The Labute approximate surface area is 319 Å². The fourth-order valence-corrected chi connectivity index (χ4v) is 7.42. The summed E-state index contributed by atoms with van der Waals surface area (Å²) in [5, 5.41) is 1.97. The Hall–Kier alpha value is -7.43. The van der Waals surface area contributed by atoms with Crippen LogP contribution in [0.25, 0.3) is 101 Å². The predicted molar refractivity (Wildman–Crippen MR) is 225 cm³/mol. The van der Waals surface area contributed by atoms with E-state index in [0.29, 0.717) is 5.82 Å². The Bertz CT molecular complexity index is 2940. The van der Waals surface area contributed by atoms with Crippen LogP contribution in [-0.2, 0) is 0 Å². The van der Waals surface area contributed by atoms with Crippen molar-refractivity contribution < 1.29 is 4.42 Å². The Balaban J connectivity index is 1.17. The Morgan fingerprint density at radius 1 is 0.345 bits per heavy atom. The Kier molecular flexibility index (Phi) is 8.12. The van der Waals surface area contributed by atoms with Crippen molar-refractivity contribution in [3.05, 3.63) is 200 Å². The molecular formula is C51H33N3O. The van der Waals surface area contributed by atoms with E-state index < -0.39 is 0 Å². The first kappa shape index (κ1) is 32.2. The second-order valence-electron chi connectivity index (χ2n) is 13.6. The summed E-state index contributed by atoms with van der Waals surface area (Å²) >= 11 is 0. The van der Waals surface area contributed by atoms with Crippen molar-refractivity contribution in [2.24, 2.45) is 0 Å². The molecule has 55 heavy (non-hydrogen) atoms. The summed E-state index contributed by atoms with van der Waals surface area (Å²) in [5.41, 5.74) is 13.6. The summed E-state index contributed by atoms with van der Waals surface area (Å²) in [6.45, 7) is 0. The molecule has 0 aliphatic heterocycles. The highest BCUT2D eigenvalue weighted by molar-refractivity contribution is 6.16. The van der Waals surface area contributed by atoms with Gasteiger partial charge in [-0.3, -0.25) is 0 Å². The SMILES string of the molecule is c1ccc(-c2ccc(-c3cc(-c4cccc(-c5oc6c(c(-c7ccccc7)nc7ccccc76)c5-c5ccccc5)c4)nc(-c4ccccc4)n3)cc2)cc1. The van der Waals surface area contributed by atoms with E-state index in [1.54, 1.807) is 0 Å². The maximum Gasteiger partial charge on any atom is 0.160 e. The van der Waals surface area contributed by atoms with Gasteiger partial charge in [0, 0.05) is 38.8 Å². The van der Waals surface area contributed by atoms with E-state index in [0.717, 1.165) is 89.2 Å². The second kappa shape index (κ2) is 13.8. The highest BCUT2D eigenvalue weighted by Crippen LogP contribution is 2.47. The fourth-order valence-electron chi connectivity index (χ4n) is 7.42. The maximum atomic E-state index is 7.07. The summed E-state index contributed by atoms with van der Waals surface area (Å²) in [6, 6.07) is 68.9. The van der Waals surface area contributed by atoms with Gasteiger partial charge >= 0.3 is 0 Å². The van der Waals surface area contributed by atoms with Crippen molar-refractivity contribution in [2.75, 3.05) is 0 Å². The highest BCUT2D eigenvalue weighted by atomic mass is 16.3. The molecule has 0 unspecified atom stereocenters. The quantitative estimate of drug-likeness (QED) is 0.166. The first-order chi connectivity index (χ1) is 27.3. The minimum Gasteiger partial charge on any atom is -0.455 e. The van der Waals surface area contributed by atoms with Gasteiger partial charge in [-0.1, -0.05) is 176 Å². The van der Waals surface area contributed by atoms with Crippen LogP contribution in [0.3, 0.4) is 0 Å². The molecule has 258 valence electrons. The number of fused-ring (bicyclic) bond motifs is 3. The molecule has 0 aliphatic rings. The molecule has 0 saturated heterocycles. The lowest BCUT2D eigenvalue weighted by atomic mass is 9.94. The molecule has 0 atom stereocenters. The zero-order valence-electron chi connectivity index (χ0n) is 29.8. The van der Waals surface area contributed by atoms with Gasteiger partial charge in [0.05, 0.1) is 28.0 Å². The molecule has 0 bridgehead atoms. The Morgan fingerprint density at radius 2 is 0.855 bits per heavy atom. The monoisotopic (exact) mass is 703 g/mol. The van der Waals surface area contributed by atoms with E-state index in [-0.39, 0.29) is 0 Å². The lowest BCUT2D eigenvalue weighted by Crippen LogP contribution is -1.96. The third kappa shape index (κ3) is 6.06. The van der Waals surface area contributed by atoms with Crippen LogP contribution in [-0.4, -0.2) is 15.0 Å². The van der Waals surface area contributed by atoms with Crippen LogP contribution in [0.5, 0.6) is 0 Å². The van der Waals surface area contributed by atoms with E-state index in [4.69, 9.17) is 19.4 Å². The molecule has 0 spiro atoms. The minimum absolute atomic E-state index is 0.671. The van der Waals surface area contributed by atoms with E-state index in [2.05, 4.69) is 152 Å². The Morgan fingerprint density at radius 3 is 1.55 bits per heavy atom. The molecule has 0 radical (unpaired) electrons. The molecule has 7 aromatic carbocycles. The number of rotatable bonds is 7. The van der Waals surface area contributed by atoms with Gasteiger partial charge in [0.25, 0.3) is 0 Å². The standard InChI is InChI=1S/C51H33N3O/c1-5-16-34(17-6-1)35-28-30-36(31-29-35)44-33-45(54-51(53-44)39-22-11-4-12-23-39)40-24-15-25-41(32-40)49-46(37-18-7-2-8-19-37)47-48(38-20-9-3-10-21-38)52-43-27-14-13-26-42(43)50(47)55-49/h1-33H. The lowest BCUT2D eigenvalue weighted by Gasteiger charge is -2.11. The largest absolute Gasteiger partial charge is 0.455 e. The molecule has 0 amide bonds. The first-order valence-electron chi connectivity index (χ1n) is 18.4. The fraction of sp³-hybridized carbons (Fsp3) is 0. The van der Waals surface area contributed by atoms with Gasteiger partial charge < -0.3 is 4.42 Å². The summed E-state index contributed by atoms with van der Waals surface area (Å²) in [5.74, 6) is 1.46. The number of aromatic nitrogens is 3. The highest BCUT2D eigenvalue weighted by Gasteiger charge is 2.24. The molecule has 4 heteroatoms. The van der Waals surface area contributed by atoms with Crippen LogP contribution in [0.2, 0.25) is 0 Å². The number of benzene rings is 7. The predicted octanol–water partition coefficient (Wildman–Crippen LogP) is 13.4. The maximum absolute atomic E-state index is 7.07. The van der Waals surface area contributed by atoms with Crippen molar-refractivity contribution in [2.45, 2.75) is 0 Å². The van der Waals surface area contributed by atoms with Crippen LogP contribution in [0, 0.1) is 0 Å². The van der Waals surface area contributed by atoms with E-state index in [1.807, 2.05) is 48.5 Å². The van der Waals surface area contributed by atoms with Gasteiger partial charge in [0.2, 0.25) is 0 Å². The zero-order chi connectivity index (χ0) is 36.6. The molecule has 10 rings (SSSR count). The van der Waals surface area contributed by atoms with Crippen LogP contribution < -0.4 is 0 Å². The van der Waals surface area contributed by atoms with Crippen LogP contribution >= 0.6 is 0 Å². The number of hydrogen-bond donors (Lipinski definition) is 0. The average molecular weight is 704 g/mol. The van der Waals surface area contributed by atoms with Gasteiger partial charge in [0.15, 0.2) is 5.82 Å². The van der Waals surface area contributed by atoms with Crippen LogP contribution in [0.4, 0.5) is 0 Å². The number of nitrogens with zero attached hydrogens (tertiary/aromatic N) is 3. The van der Waals surface area contributed by atoms with Gasteiger partial charge in [0.1, 0.15) is 11.3 Å². The van der Waals surface area contributed by atoms with Crippen LogP contribution in [0.1, 0.15) is 0 Å². The van der Waals surface area contributed by atoms with Gasteiger partial charge in [-0.25, -0.2) is 15.0 Å². The molecule has 10 aromatic rings. The van der Waals surface area contributed by atoms with Gasteiger partial charge in [-0.05, 0) is 41.0 Å². The third-order valence-electron chi connectivity index (χ3n) is 10.1. The van der Waals surface area contributed by atoms with Crippen LogP contribution in [0.15, 0.2) is 205 Å². The average Bonchev–Trinajstić information content (AvgIpc) is 3.69. The topological polar surface area (TPSA) is 51.8 Å². The minimum atomic E-state index is 0.671. The van der Waals surface area contributed by atoms with Gasteiger partial charge in [-0.2, -0.15) is 0 Å². The van der Waals surface area contributed by atoms with E-state index in [9.17, 15) is 0 Å². The molecule has 0 fully saturated rings. The molecular weight excluding hydrogens is 671 g/mol. The van der Waals surface area contributed by atoms with E-state index >= 15 is 0 Å². The molecule has 3 aromatic heterocycles. The smallest absolute Gasteiger partial charge is 0.160 e. The van der Waals surface area contributed by atoms with Crippen molar-refractivity contribution in [3.63, 3.8) is 0 Å². The number of hydrogen-bond acceptors (Lipinski definition) is 4. The summed E-state index contributed by atoms with van der Waals surface area (Å²) in [7, 11) is 0. The van der Waals surface area contributed by atoms with Crippen molar-refractivity contribution in [1.29, 1.82) is 0 Å². The van der Waals surface area contributed by atoms with Crippen molar-refractivity contribution in [1.82, 2.24) is 15.0 Å². The second-order valence-corrected chi connectivity index (χ2v) is 13.6. The zero-order valence-corrected chi connectivity index (χ0v) is 29.8. The molecule has 4 nitrogen and oxygen atoms in total. The van der Waals surface area contributed by atoms with Crippen molar-refractivity contribution in [3.8, 4) is 78.7 Å². The summed E-state index contributed by atoms with van der Waals surface area (Å²) in [4.78, 5) is 15.5. The molecule has 0 saturated carbocycles. The molecule has 3 heterocycles. The lowest BCUT2D eigenvalue weighted by molar-refractivity contribution is 0.636. The van der Waals surface area contributed by atoms with E-state index in [1.165, 1.54) is 5.56 Å². The summed E-state index contributed by atoms with van der Waals surface area (Å²) < 4.78 is 7.07. The summed E-state index contributed by atoms with van der Waals surface area (Å²) in [6.07, 6.45) is 0. The normalized spacial score (nSPS) is 11.3. The number of para-hydroxylation sites is 1. The third-order valence-corrected chi connectivity index (χ3v) is 10.1. The number of pyridine rings is 1. The first-order valence-corrected chi connectivity index (χ1v) is 18.4. The van der Waals surface area contributed by atoms with Crippen molar-refractivity contribution >= 4 is 21.9 Å². The molecule has 0 aliphatic carbocycles. The molecule has 0 N–H and O–H groups in total.